The molecule has 0 spiro atoms. The SMILES string of the molecule is CCCC(CN(C)Cc1ccncc1)NCC. The summed E-state index contributed by atoms with van der Waals surface area (Å²) >= 11 is 0. The van der Waals surface area contributed by atoms with Crippen LogP contribution in [-0.4, -0.2) is 36.1 Å². The van der Waals surface area contributed by atoms with Crippen LogP contribution >= 0.6 is 0 Å². The highest BCUT2D eigenvalue weighted by molar-refractivity contribution is 5.09. The van der Waals surface area contributed by atoms with E-state index in [1.807, 2.05) is 12.4 Å². The maximum Gasteiger partial charge on any atom is 0.0271 e. The van der Waals surface area contributed by atoms with E-state index in [0.717, 1.165) is 19.6 Å². The van der Waals surface area contributed by atoms with Crippen molar-refractivity contribution >= 4 is 0 Å². The lowest BCUT2D eigenvalue weighted by molar-refractivity contribution is 0.275. The second-order valence-electron chi connectivity index (χ2n) is 4.60. The minimum Gasteiger partial charge on any atom is -0.313 e. The lowest BCUT2D eigenvalue weighted by Gasteiger charge is -2.24. The lowest BCUT2D eigenvalue weighted by atomic mass is 10.1. The molecule has 1 N–H and O–H groups in total. The molecule has 0 amide bonds. The molecule has 96 valence electrons. The summed E-state index contributed by atoms with van der Waals surface area (Å²) in [6, 6.07) is 4.77. The molecule has 1 rings (SSSR count). The van der Waals surface area contributed by atoms with Gasteiger partial charge in [-0.15, -0.1) is 0 Å². The van der Waals surface area contributed by atoms with Crippen LogP contribution in [0.3, 0.4) is 0 Å². The molecular weight excluding hydrogens is 210 g/mol. The van der Waals surface area contributed by atoms with Crippen molar-refractivity contribution in [3.63, 3.8) is 0 Å². The van der Waals surface area contributed by atoms with Gasteiger partial charge in [-0.25, -0.2) is 0 Å². The maximum absolute atomic E-state index is 4.04. The van der Waals surface area contributed by atoms with Crippen molar-refractivity contribution in [2.24, 2.45) is 0 Å². The normalized spacial score (nSPS) is 12.9. The van der Waals surface area contributed by atoms with Crippen molar-refractivity contribution in [3.8, 4) is 0 Å². The van der Waals surface area contributed by atoms with Crippen molar-refractivity contribution < 1.29 is 0 Å². The molecule has 0 bridgehead atoms. The van der Waals surface area contributed by atoms with E-state index in [1.54, 1.807) is 0 Å². The second kappa shape index (κ2) is 8.20. The first-order valence-corrected chi connectivity index (χ1v) is 6.57. The number of nitrogens with one attached hydrogen (secondary N) is 1. The molecule has 0 saturated heterocycles. The van der Waals surface area contributed by atoms with Crippen LogP contribution in [0.2, 0.25) is 0 Å². The Kier molecular flexibility index (Phi) is 6.82. The van der Waals surface area contributed by atoms with E-state index in [-0.39, 0.29) is 0 Å². The molecule has 3 heteroatoms. The van der Waals surface area contributed by atoms with Gasteiger partial charge in [0, 0.05) is 31.5 Å². The number of likely N-dealkylation sites (N-methyl/N-ethyl adjacent to an activating group) is 2. The van der Waals surface area contributed by atoms with E-state index in [2.05, 4.69) is 48.2 Å². The highest BCUT2D eigenvalue weighted by atomic mass is 15.1. The highest BCUT2D eigenvalue weighted by Crippen LogP contribution is 2.04. The summed E-state index contributed by atoms with van der Waals surface area (Å²) in [7, 11) is 2.18. The van der Waals surface area contributed by atoms with Gasteiger partial charge in [-0.3, -0.25) is 4.98 Å². The molecule has 1 heterocycles. The zero-order chi connectivity index (χ0) is 12.5. The molecule has 1 aromatic heterocycles. The average molecular weight is 235 g/mol. The van der Waals surface area contributed by atoms with Crippen LogP contribution in [0, 0.1) is 0 Å². The molecule has 0 aliphatic carbocycles. The summed E-state index contributed by atoms with van der Waals surface area (Å²) < 4.78 is 0. The Bertz CT molecular complexity index is 281. The Morgan fingerprint density at radius 3 is 2.59 bits per heavy atom. The van der Waals surface area contributed by atoms with Crippen LogP contribution in [-0.2, 0) is 6.54 Å². The van der Waals surface area contributed by atoms with Crippen molar-refractivity contribution in [2.45, 2.75) is 39.3 Å². The molecule has 0 aromatic carbocycles. The largest absolute Gasteiger partial charge is 0.313 e. The van der Waals surface area contributed by atoms with Gasteiger partial charge >= 0.3 is 0 Å². The van der Waals surface area contributed by atoms with Crippen LogP contribution in [0.5, 0.6) is 0 Å². The minimum absolute atomic E-state index is 0.608. The zero-order valence-electron chi connectivity index (χ0n) is 11.3. The van der Waals surface area contributed by atoms with E-state index < -0.39 is 0 Å². The van der Waals surface area contributed by atoms with Gasteiger partial charge in [0.2, 0.25) is 0 Å². The number of pyridine rings is 1. The summed E-state index contributed by atoms with van der Waals surface area (Å²) in [4.78, 5) is 6.41. The third kappa shape index (κ3) is 5.80. The van der Waals surface area contributed by atoms with Crippen molar-refractivity contribution in [3.05, 3.63) is 30.1 Å². The average Bonchev–Trinajstić information content (AvgIpc) is 2.30. The van der Waals surface area contributed by atoms with E-state index in [9.17, 15) is 0 Å². The van der Waals surface area contributed by atoms with Crippen LogP contribution in [0.4, 0.5) is 0 Å². The van der Waals surface area contributed by atoms with Crippen molar-refractivity contribution in [2.75, 3.05) is 20.1 Å². The number of aromatic nitrogens is 1. The van der Waals surface area contributed by atoms with Gasteiger partial charge in [-0.05, 0) is 37.7 Å². The molecule has 3 nitrogen and oxygen atoms in total. The predicted octanol–water partition coefficient (Wildman–Crippen LogP) is 2.29. The van der Waals surface area contributed by atoms with Crippen LogP contribution < -0.4 is 5.32 Å². The summed E-state index contributed by atoms with van der Waals surface area (Å²) in [6.07, 6.45) is 6.20. The van der Waals surface area contributed by atoms with Gasteiger partial charge in [-0.1, -0.05) is 20.3 Å². The van der Waals surface area contributed by atoms with Crippen molar-refractivity contribution in [1.29, 1.82) is 0 Å². The summed E-state index contributed by atoms with van der Waals surface area (Å²) in [6.45, 7) is 7.56. The summed E-state index contributed by atoms with van der Waals surface area (Å²) in [5.74, 6) is 0. The predicted molar refractivity (Wildman–Crippen MR) is 72.9 cm³/mol. The fraction of sp³-hybridized carbons (Fsp3) is 0.643. The zero-order valence-corrected chi connectivity index (χ0v) is 11.3. The Morgan fingerprint density at radius 1 is 1.29 bits per heavy atom. The fourth-order valence-corrected chi connectivity index (χ4v) is 2.14. The molecule has 1 unspecified atom stereocenters. The van der Waals surface area contributed by atoms with Crippen LogP contribution in [0.15, 0.2) is 24.5 Å². The first-order valence-electron chi connectivity index (χ1n) is 6.57. The van der Waals surface area contributed by atoms with E-state index >= 15 is 0 Å². The third-order valence-corrected chi connectivity index (χ3v) is 2.86. The lowest BCUT2D eigenvalue weighted by Crippen LogP contribution is -2.39. The first-order chi connectivity index (χ1) is 8.26. The summed E-state index contributed by atoms with van der Waals surface area (Å²) in [5.41, 5.74) is 1.33. The smallest absolute Gasteiger partial charge is 0.0271 e. The number of hydrogen-bond acceptors (Lipinski definition) is 3. The van der Waals surface area contributed by atoms with Gasteiger partial charge in [-0.2, -0.15) is 0 Å². The quantitative estimate of drug-likeness (QED) is 0.749. The summed E-state index contributed by atoms with van der Waals surface area (Å²) in [5, 5.41) is 3.55. The van der Waals surface area contributed by atoms with E-state index in [1.165, 1.54) is 18.4 Å². The van der Waals surface area contributed by atoms with Gasteiger partial charge in [0.1, 0.15) is 0 Å². The van der Waals surface area contributed by atoms with Gasteiger partial charge < -0.3 is 10.2 Å². The minimum atomic E-state index is 0.608. The number of rotatable bonds is 8. The molecular formula is C14H25N3. The van der Waals surface area contributed by atoms with Gasteiger partial charge in [0.05, 0.1) is 0 Å². The Morgan fingerprint density at radius 2 is 2.00 bits per heavy atom. The van der Waals surface area contributed by atoms with Gasteiger partial charge in [0.25, 0.3) is 0 Å². The Balaban J connectivity index is 2.38. The molecule has 0 aliphatic rings. The fourth-order valence-electron chi connectivity index (χ4n) is 2.14. The molecule has 1 atom stereocenters. The maximum atomic E-state index is 4.04. The van der Waals surface area contributed by atoms with Crippen LogP contribution in [0.1, 0.15) is 32.3 Å². The Hall–Kier alpha value is -0.930. The van der Waals surface area contributed by atoms with Gasteiger partial charge in [0.15, 0.2) is 0 Å². The van der Waals surface area contributed by atoms with E-state index in [4.69, 9.17) is 0 Å². The highest BCUT2D eigenvalue weighted by Gasteiger charge is 2.09. The topological polar surface area (TPSA) is 28.2 Å². The molecule has 0 aliphatic heterocycles. The molecule has 1 aromatic rings. The van der Waals surface area contributed by atoms with Crippen molar-refractivity contribution in [1.82, 2.24) is 15.2 Å². The molecule has 17 heavy (non-hydrogen) atoms. The number of hydrogen-bond donors (Lipinski definition) is 1. The van der Waals surface area contributed by atoms with E-state index in [0.29, 0.717) is 6.04 Å². The van der Waals surface area contributed by atoms with Crippen LogP contribution in [0.25, 0.3) is 0 Å². The monoisotopic (exact) mass is 235 g/mol. The second-order valence-corrected chi connectivity index (χ2v) is 4.60. The third-order valence-electron chi connectivity index (χ3n) is 2.86. The number of nitrogens with zero attached hydrogens (tertiary/aromatic N) is 2. The molecule has 0 fully saturated rings. The Labute approximate surface area is 105 Å². The molecule has 0 radical (unpaired) electrons. The first kappa shape index (κ1) is 14.1. The molecule has 0 saturated carbocycles. The standard InChI is InChI=1S/C14H25N3/c1-4-6-14(16-5-2)12-17(3)11-13-7-9-15-10-8-13/h7-10,14,16H,4-6,11-12H2,1-3H3.